The lowest BCUT2D eigenvalue weighted by atomic mass is 10.1. The van der Waals surface area contributed by atoms with E-state index in [-0.39, 0.29) is 17.5 Å². The molecule has 0 saturated heterocycles. The van der Waals surface area contributed by atoms with Crippen molar-refractivity contribution in [3.63, 3.8) is 0 Å². The average Bonchev–Trinajstić information content (AvgIpc) is 3.59. The van der Waals surface area contributed by atoms with Crippen molar-refractivity contribution in [2.75, 3.05) is 12.4 Å². The molecule has 1 fully saturated rings. The van der Waals surface area contributed by atoms with Crippen molar-refractivity contribution in [2.45, 2.75) is 38.6 Å². The highest BCUT2D eigenvalue weighted by molar-refractivity contribution is 6.02. The Morgan fingerprint density at radius 1 is 1.12 bits per heavy atom. The van der Waals surface area contributed by atoms with Crippen LogP contribution in [0, 0.1) is 12.7 Å². The molecule has 0 unspecified atom stereocenters. The van der Waals surface area contributed by atoms with Crippen LogP contribution < -0.4 is 10.1 Å². The van der Waals surface area contributed by atoms with Gasteiger partial charge in [-0.05, 0) is 79.9 Å². The van der Waals surface area contributed by atoms with E-state index < -0.39 is 0 Å². The zero-order chi connectivity index (χ0) is 23.7. The Hall–Kier alpha value is -3.87. The third-order valence-corrected chi connectivity index (χ3v) is 6.35. The molecule has 5 rings (SSSR count). The Morgan fingerprint density at radius 3 is 2.59 bits per heavy atom. The molecular weight excluding hydrogens is 433 g/mol. The van der Waals surface area contributed by atoms with Gasteiger partial charge in [-0.25, -0.2) is 9.37 Å². The number of carbonyl (C=O) groups is 1. The minimum atomic E-state index is -0.342. The molecule has 0 spiro atoms. The molecule has 0 atom stereocenters. The molecule has 6 nitrogen and oxygen atoms in total. The lowest BCUT2D eigenvalue weighted by Crippen LogP contribution is -2.11. The average molecular weight is 460 g/mol. The fraction of sp³-hybridized carbons (Fsp3) is 0.259. The molecule has 1 aliphatic rings. The number of hydrogen-bond donors (Lipinski definition) is 1. The molecule has 174 valence electrons. The molecule has 7 heteroatoms. The van der Waals surface area contributed by atoms with Crippen LogP contribution in [-0.2, 0) is 0 Å². The summed E-state index contributed by atoms with van der Waals surface area (Å²) in [5.74, 6) is 0.872. The topological polar surface area (TPSA) is 69.3 Å². The number of aryl methyl sites for hydroxylation is 1. The molecule has 1 saturated carbocycles. The Balaban J connectivity index is 1.47. The molecule has 1 N–H and O–H groups in total. The number of imidazole rings is 1. The zero-order valence-electron chi connectivity index (χ0n) is 19.2. The predicted molar refractivity (Wildman–Crippen MR) is 129 cm³/mol. The Morgan fingerprint density at radius 2 is 1.88 bits per heavy atom. The first-order valence-electron chi connectivity index (χ1n) is 11.4. The molecule has 34 heavy (non-hydrogen) atoms. The molecular formula is C27H26FN3O3. The van der Waals surface area contributed by atoms with Crippen molar-refractivity contribution in [3.8, 4) is 28.5 Å². The van der Waals surface area contributed by atoms with Crippen molar-refractivity contribution in [3.05, 3.63) is 78.1 Å². The number of nitrogens with zero attached hydrogens (tertiary/aromatic N) is 2. The number of hydrogen-bond acceptors (Lipinski definition) is 4. The van der Waals surface area contributed by atoms with E-state index in [1.165, 1.54) is 25.0 Å². The van der Waals surface area contributed by atoms with Gasteiger partial charge in [0.25, 0.3) is 5.91 Å². The van der Waals surface area contributed by atoms with Gasteiger partial charge in [-0.1, -0.05) is 12.8 Å². The van der Waals surface area contributed by atoms with Crippen molar-refractivity contribution >= 4 is 11.6 Å². The highest BCUT2D eigenvalue weighted by atomic mass is 19.1. The van der Waals surface area contributed by atoms with E-state index in [1.807, 2.05) is 25.4 Å². The highest BCUT2D eigenvalue weighted by Gasteiger charge is 2.26. The summed E-state index contributed by atoms with van der Waals surface area (Å²) in [6, 6.07) is 15.5. The quantitative estimate of drug-likeness (QED) is 0.351. The Labute approximate surface area is 197 Å². The Bertz CT molecular complexity index is 1320. The summed E-state index contributed by atoms with van der Waals surface area (Å²) in [6.07, 6.45) is 6.29. The number of furan rings is 1. The maximum atomic E-state index is 13.5. The number of rotatable bonds is 6. The lowest BCUT2D eigenvalue weighted by molar-refractivity contribution is 0.0997. The van der Waals surface area contributed by atoms with Crippen LogP contribution in [0.2, 0.25) is 0 Å². The number of benzene rings is 2. The number of anilines is 1. The van der Waals surface area contributed by atoms with Gasteiger partial charge in [-0.2, -0.15) is 0 Å². The summed E-state index contributed by atoms with van der Waals surface area (Å²) < 4.78 is 27.0. The van der Waals surface area contributed by atoms with Crippen molar-refractivity contribution in [1.29, 1.82) is 0 Å². The van der Waals surface area contributed by atoms with Gasteiger partial charge >= 0.3 is 0 Å². The smallest absolute Gasteiger partial charge is 0.291 e. The molecule has 2 heterocycles. The van der Waals surface area contributed by atoms with Crippen molar-refractivity contribution in [2.24, 2.45) is 0 Å². The van der Waals surface area contributed by atoms with Crippen molar-refractivity contribution < 1.29 is 18.3 Å². The minimum absolute atomic E-state index is 0.202. The summed E-state index contributed by atoms with van der Waals surface area (Å²) in [5.41, 5.74) is 3.88. The summed E-state index contributed by atoms with van der Waals surface area (Å²) in [4.78, 5) is 17.5. The summed E-state index contributed by atoms with van der Waals surface area (Å²) in [6.45, 7) is 1.92. The van der Waals surface area contributed by atoms with E-state index in [4.69, 9.17) is 9.15 Å². The van der Waals surface area contributed by atoms with E-state index >= 15 is 0 Å². The van der Waals surface area contributed by atoms with Crippen LogP contribution in [0.4, 0.5) is 10.1 Å². The summed E-state index contributed by atoms with van der Waals surface area (Å²) >= 11 is 0. The summed E-state index contributed by atoms with van der Waals surface area (Å²) in [5, 5.41) is 2.88. The fourth-order valence-corrected chi connectivity index (χ4v) is 4.62. The van der Waals surface area contributed by atoms with Gasteiger partial charge in [0.15, 0.2) is 11.5 Å². The molecule has 1 aliphatic carbocycles. The predicted octanol–water partition coefficient (Wildman–Crippen LogP) is 6.63. The molecule has 0 aliphatic heterocycles. The van der Waals surface area contributed by atoms with Gasteiger partial charge < -0.3 is 19.0 Å². The van der Waals surface area contributed by atoms with Crippen LogP contribution in [0.3, 0.4) is 0 Å². The van der Waals surface area contributed by atoms with E-state index in [1.54, 1.807) is 37.4 Å². The van der Waals surface area contributed by atoms with Gasteiger partial charge in [-0.15, -0.1) is 0 Å². The van der Waals surface area contributed by atoms with Crippen LogP contribution in [-0.4, -0.2) is 22.6 Å². The third kappa shape index (κ3) is 4.21. The van der Waals surface area contributed by atoms with E-state index in [9.17, 15) is 9.18 Å². The normalized spacial score (nSPS) is 13.9. The number of amides is 1. The molecule has 2 aromatic heterocycles. The van der Waals surface area contributed by atoms with Gasteiger partial charge in [0.2, 0.25) is 0 Å². The van der Waals surface area contributed by atoms with Gasteiger partial charge in [-0.3, -0.25) is 4.79 Å². The third-order valence-electron chi connectivity index (χ3n) is 6.35. The first-order valence-corrected chi connectivity index (χ1v) is 11.4. The molecule has 2 aromatic carbocycles. The van der Waals surface area contributed by atoms with Crippen LogP contribution in [0.5, 0.6) is 5.75 Å². The van der Waals surface area contributed by atoms with Crippen LogP contribution in [0.15, 0.2) is 65.3 Å². The standard InChI is InChI=1S/C27H26FN3O3/c1-17-15-20(11-12-22(17)33-2)30-27(32)24-14-13-23(34-24)26-25(18-7-9-19(28)10-8-18)29-16-31(26)21-5-3-4-6-21/h7-16,21H,3-6H2,1-2H3,(H,30,32). The maximum Gasteiger partial charge on any atom is 0.291 e. The lowest BCUT2D eigenvalue weighted by Gasteiger charge is -2.15. The second kappa shape index (κ2) is 9.17. The second-order valence-corrected chi connectivity index (χ2v) is 8.60. The van der Waals surface area contributed by atoms with Crippen LogP contribution in [0.25, 0.3) is 22.7 Å². The van der Waals surface area contributed by atoms with E-state index in [0.29, 0.717) is 23.2 Å². The highest BCUT2D eigenvalue weighted by Crippen LogP contribution is 2.39. The number of nitrogens with one attached hydrogen (secondary N) is 1. The number of methoxy groups -OCH3 is 1. The number of aromatic nitrogens is 2. The maximum absolute atomic E-state index is 13.5. The zero-order valence-corrected chi connectivity index (χ0v) is 19.2. The first-order chi connectivity index (χ1) is 16.5. The molecule has 1 amide bonds. The van der Waals surface area contributed by atoms with Crippen LogP contribution in [0.1, 0.15) is 47.8 Å². The van der Waals surface area contributed by atoms with Gasteiger partial charge in [0.05, 0.1) is 19.1 Å². The largest absolute Gasteiger partial charge is 0.496 e. The monoisotopic (exact) mass is 459 g/mol. The molecule has 0 radical (unpaired) electrons. The number of halogens is 1. The van der Waals surface area contributed by atoms with Gasteiger partial charge in [0.1, 0.15) is 17.3 Å². The minimum Gasteiger partial charge on any atom is -0.496 e. The second-order valence-electron chi connectivity index (χ2n) is 8.60. The number of carbonyl (C=O) groups excluding carboxylic acids is 1. The summed E-state index contributed by atoms with van der Waals surface area (Å²) in [7, 11) is 1.61. The van der Waals surface area contributed by atoms with Gasteiger partial charge in [0, 0.05) is 17.3 Å². The Kier molecular flexibility index (Phi) is 5.92. The first kappa shape index (κ1) is 21.9. The SMILES string of the molecule is COc1ccc(NC(=O)c2ccc(-c3c(-c4ccc(F)cc4)ncn3C3CCCC3)o2)cc1C. The van der Waals surface area contributed by atoms with E-state index in [2.05, 4.69) is 14.9 Å². The molecule has 4 aromatic rings. The fourth-order valence-electron chi connectivity index (χ4n) is 4.62. The number of ether oxygens (including phenoxy) is 1. The van der Waals surface area contributed by atoms with Crippen molar-refractivity contribution in [1.82, 2.24) is 9.55 Å². The molecule has 0 bridgehead atoms. The van der Waals surface area contributed by atoms with Crippen LogP contribution >= 0.6 is 0 Å². The van der Waals surface area contributed by atoms with E-state index in [0.717, 1.165) is 35.4 Å².